The Labute approximate surface area is 229 Å². The lowest BCUT2D eigenvalue weighted by molar-refractivity contribution is 0.122. The van der Waals surface area contributed by atoms with E-state index in [1.807, 2.05) is 0 Å². The first-order valence-corrected chi connectivity index (χ1v) is 17.9. The lowest BCUT2D eigenvalue weighted by Crippen LogP contribution is -2.42. The standard InChI is InChI=1S/C16H35N.C15H34O3Si/c1-2-3-4-5-6-7-8-9-10-11-12-13-14-15-16-17;1-5-6-7-8-9-10-11-12-13-14-15-19(16-2,17-3)18-4/h2-17H2,1H3;5-15H2,1-4H3. The number of nitrogens with two attached hydrogens (primary N) is 1. The highest BCUT2D eigenvalue weighted by atomic mass is 28.4. The van der Waals surface area contributed by atoms with Crippen molar-refractivity contribution in [2.24, 2.45) is 5.73 Å². The van der Waals surface area contributed by atoms with Crippen molar-refractivity contribution in [3.05, 3.63) is 0 Å². The molecule has 0 aliphatic rings. The van der Waals surface area contributed by atoms with E-state index in [2.05, 4.69) is 13.8 Å². The van der Waals surface area contributed by atoms with Gasteiger partial charge in [-0.3, -0.25) is 0 Å². The van der Waals surface area contributed by atoms with E-state index in [-0.39, 0.29) is 0 Å². The van der Waals surface area contributed by atoms with Crippen LogP contribution in [0.3, 0.4) is 0 Å². The Morgan fingerprint density at radius 3 is 0.889 bits per heavy atom. The smallest absolute Gasteiger partial charge is 0.377 e. The van der Waals surface area contributed by atoms with Crippen LogP contribution in [0.2, 0.25) is 6.04 Å². The molecule has 0 atom stereocenters. The summed E-state index contributed by atoms with van der Waals surface area (Å²) in [7, 11) is 2.76. The Bertz CT molecular complexity index is 359. The van der Waals surface area contributed by atoms with Crippen molar-refractivity contribution >= 4 is 8.80 Å². The SMILES string of the molecule is CCCCCCCCCCCCCCCCN.CCCCCCCCCCCC[Si](OC)(OC)OC. The molecule has 0 bridgehead atoms. The van der Waals surface area contributed by atoms with Gasteiger partial charge in [0.25, 0.3) is 0 Å². The fourth-order valence-corrected chi connectivity index (χ4v) is 6.52. The summed E-state index contributed by atoms with van der Waals surface area (Å²) in [5.41, 5.74) is 5.47. The summed E-state index contributed by atoms with van der Waals surface area (Å²) < 4.78 is 16.2. The monoisotopic (exact) mass is 532 g/mol. The van der Waals surface area contributed by atoms with Gasteiger partial charge >= 0.3 is 8.80 Å². The second-order valence-corrected chi connectivity index (χ2v) is 13.7. The molecule has 0 aromatic heterocycles. The summed E-state index contributed by atoms with van der Waals surface area (Å²) in [5, 5.41) is 0. The van der Waals surface area contributed by atoms with Crippen molar-refractivity contribution in [3.8, 4) is 0 Å². The van der Waals surface area contributed by atoms with Crippen LogP contribution >= 0.6 is 0 Å². The first-order valence-electron chi connectivity index (χ1n) is 16.0. The van der Waals surface area contributed by atoms with E-state index in [0.717, 1.165) is 19.0 Å². The first kappa shape index (κ1) is 38.2. The predicted molar refractivity (Wildman–Crippen MR) is 163 cm³/mol. The van der Waals surface area contributed by atoms with Gasteiger partial charge in [-0.05, 0) is 19.4 Å². The average molecular weight is 532 g/mol. The van der Waals surface area contributed by atoms with E-state index in [4.69, 9.17) is 19.0 Å². The van der Waals surface area contributed by atoms with Crippen molar-refractivity contribution in [2.45, 2.75) is 174 Å². The molecular formula is C31H69NO3Si. The molecule has 0 rings (SSSR count). The van der Waals surface area contributed by atoms with Crippen LogP contribution < -0.4 is 5.73 Å². The molecule has 2 N–H and O–H groups in total. The van der Waals surface area contributed by atoms with Gasteiger partial charge in [-0.1, -0.05) is 155 Å². The van der Waals surface area contributed by atoms with Crippen molar-refractivity contribution in [2.75, 3.05) is 27.9 Å². The zero-order valence-electron chi connectivity index (χ0n) is 25.7. The minimum absolute atomic E-state index is 0.873. The third kappa shape index (κ3) is 28.6. The third-order valence-electron chi connectivity index (χ3n) is 7.33. The molecule has 0 aromatic carbocycles. The summed E-state index contributed by atoms with van der Waals surface area (Å²) in [6.45, 7) is 5.43. The highest BCUT2D eigenvalue weighted by Crippen LogP contribution is 2.18. The molecule has 0 fully saturated rings. The molecule has 0 radical (unpaired) electrons. The van der Waals surface area contributed by atoms with E-state index in [1.165, 1.54) is 148 Å². The van der Waals surface area contributed by atoms with Gasteiger partial charge < -0.3 is 19.0 Å². The van der Waals surface area contributed by atoms with Gasteiger partial charge in [0.1, 0.15) is 0 Å². The van der Waals surface area contributed by atoms with Crippen LogP contribution in [0.4, 0.5) is 0 Å². The minimum atomic E-state index is -2.31. The van der Waals surface area contributed by atoms with Crippen LogP contribution in [-0.4, -0.2) is 36.7 Å². The van der Waals surface area contributed by atoms with Crippen molar-refractivity contribution in [1.29, 1.82) is 0 Å². The normalized spacial score (nSPS) is 11.5. The largest absolute Gasteiger partial charge is 0.500 e. The van der Waals surface area contributed by atoms with Crippen LogP contribution in [0.25, 0.3) is 0 Å². The van der Waals surface area contributed by atoms with Gasteiger partial charge in [-0.25, -0.2) is 0 Å². The van der Waals surface area contributed by atoms with Gasteiger partial charge in [0.2, 0.25) is 0 Å². The molecule has 0 aliphatic carbocycles. The van der Waals surface area contributed by atoms with Crippen LogP contribution in [0, 0.1) is 0 Å². The molecule has 220 valence electrons. The summed E-state index contributed by atoms with van der Waals surface area (Å²) in [5.74, 6) is 0. The Morgan fingerprint density at radius 2 is 0.639 bits per heavy atom. The van der Waals surface area contributed by atoms with Gasteiger partial charge in [0.15, 0.2) is 0 Å². The maximum absolute atomic E-state index is 5.47. The second kappa shape index (κ2) is 33.1. The highest BCUT2D eigenvalue weighted by Gasteiger charge is 2.36. The van der Waals surface area contributed by atoms with Crippen LogP contribution in [0.5, 0.6) is 0 Å². The molecule has 0 aliphatic heterocycles. The minimum Gasteiger partial charge on any atom is -0.377 e. The topological polar surface area (TPSA) is 53.7 Å². The van der Waals surface area contributed by atoms with E-state index in [9.17, 15) is 0 Å². The summed E-state index contributed by atoms with van der Waals surface area (Å²) >= 11 is 0. The number of rotatable bonds is 28. The van der Waals surface area contributed by atoms with Crippen LogP contribution in [-0.2, 0) is 13.3 Å². The molecule has 0 aromatic rings. The zero-order valence-corrected chi connectivity index (χ0v) is 26.7. The zero-order chi connectivity index (χ0) is 27.0. The molecule has 0 unspecified atom stereocenters. The molecule has 0 heterocycles. The Balaban J connectivity index is 0. The Hall–Kier alpha value is 0.0569. The summed E-state index contributed by atoms with van der Waals surface area (Å²) in [4.78, 5) is 0. The number of unbranched alkanes of at least 4 members (excludes halogenated alkanes) is 22. The van der Waals surface area contributed by atoms with E-state index < -0.39 is 8.80 Å². The quantitative estimate of drug-likeness (QED) is 0.0805. The second-order valence-electron chi connectivity index (χ2n) is 10.6. The predicted octanol–water partition coefficient (Wildman–Crippen LogP) is 10.2. The molecule has 0 amide bonds. The molecule has 4 nitrogen and oxygen atoms in total. The van der Waals surface area contributed by atoms with Crippen molar-refractivity contribution in [3.63, 3.8) is 0 Å². The van der Waals surface area contributed by atoms with E-state index >= 15 is 0 Å². The van der Waals surface area contributed by atoms with Gasteiger partial charge in [-0.15, -0.1) is 0 Å². The highest BCUT2D eigenvalue weighted by molar-refractivity contribution is 6.60. The maximum atomic E-state index is 5.47. The van der Waals surface area contributed by atoms with Gasteiger partial charge in [-0.2, -0.15) is 0 Å². The molecule has 36 heavy (non-hydrogen) atoms. The molecule has 0 spiro atoms. The maximum Gasteiger partial charge on any atom is 0.500 e. The van der Waals surface area contributed by atoms with E-state index in [0.29, 0.717) is 0 Å². The molecule has 0 saturated heterocycles. The average Bonchev–Trinajstić information content (AvgIpc) is 2.91. The van der Waals surface area contributed by atoms with Gasteiger partial charge in [0.05, 0.1) is 0 Å². The van der Waals surface area contributed by atoms with Crippen LogP contribution in [0.15, 0.2) is 0 Å². The molecular weight excluding hydrogens is 462 g/mol. The van der Waals surface area contributed by atoms with E-state index in [1.54, 1.807) is 21.3 Å². The number of hydrogen-bond donors (Lipinski definition) is 1. The molecule has 0 saturated carbocycles. The molecule has 5 heteroatoms. The fraction of sp³-hybridized carbons (Fsp3) is 1.00. The summed E-state index contributed by atoms with van der Waals surface area (Å²) in [6.07, 6.45) is 33.4. The van der Waals surface area contributed by atoms with Gasteiger partial charge in [0, 0.05) is 27.4 Å². The lowest BCUT2D eigenvalue weighted by atomic mass is 10.0. The van der Waals surface area contributed by atoms with Crippen molar-refractivity contribution in [1.82, 2.24) is 0 Å². The van der Waals surface area contributed by atoms with Crippen molar-refractivity contribution < 1.29 is 13.3 Å². The lowest BCUT2D eigenvalue weighted by Gasteiger charge is -2.24. The summed E-state index contributed by atoms with van der Waals surface area (Å²) in [6, 6.07) is 0.938. The number of hydrogen-bond acceptors (Lipinski definition) is 4. The first-order chi connectivity index (χ1) is 17.7. The Kier molecular flexibility index (Phi) is 35.1. The fourth-order valence-electron chi connectivity index (χ4n) is 4.72. The van der Waals surface area contributed by atoms with Crippen LogP contribution in [0.1, 0.15) is 168 Å². The third-order valence-corrected chi connectivity index (χ3v) is 10.2. The Morgan fingerprint density at radius 1 is 0.389 bits per heavy atom.